The molecule has 2 nitrogen and oxygen atoms in total. The first-order chi connectivity index (χ1) is 9.35. The third-order valence-electron chi connectivity index (χ3n) is 3.41. The first kappa shape index (κ1) is 17.0. The summed E-state index contributed by atoms with van der Waals surface area (Å²) in [6, 6.07) is 8.17. The molecule has 0 aliphatic rings. The zero-order valence-corrected chi connectivity index (χ0v) is 12.3. The Morgan fingerprint density at radius 3 is 2.25 bits per heavy atom. The maximum atomic E-state index is 12.4. The molecule has 0 fully saturated rings. The Kier molecular flexibility index (Phi) is 6.49. The third kappa shape index (κ3) is 5.92. The molecule has 0 spiro atoms. The molecule has 20 heavy (non-hydrogen) atoms. The molecular weight excluding hydrogens is 265 g/mol. The van der Waals surface area contributed by atoms with E-state index in [4.69, 9.17) is 0 Å². The first-order valence-electron chi connectivity index (χ1n) is 6.88. The zero-order valence-electron chi connectivity index (χ0n) is 12.3. The van der Waals surface area contributed by atoms with Crippen LogP contribution in [0.4, 0.5) is 13.2 Å². The second kappa shape index (κ2) is 7.64. The molecule has 5 heteroatoms. The molecule has 0 saturated carbocycles. The molecule has 0 aromatic heterocycles. The highest BCUT2D eigenvalue weighted by Crippen LogP contribution is 2.20. The minimum Gasteiger partial charge on any atom is -0.313 e. The molecule has 0 radical (unpaired) electrons. The van der Waals surface area contributed by atoms with Gasteiger partial charge in [0.1, 0.15) is 0 Å². The van der Waals surface area contributed by atoms with Gasteiger partial charge in [0.25, 0.3) is 0 Å². The zero-order chi connectivity index (χ0) is 15.2. The summed E-state index contributed by atoms with van der Waals surface area (Å²) in [6.07, 6.45) is -3.47. The van der Waals surface area contributed by atoms with E-state index in [1.807, 2.05) is 38.2 Å². The summed E-state index contributed by atoms with van der Waals surface area (Å²) in [6.45, 7) is 3.76. The molecule has 0 amide bonds. The van der Waals surface area contributed by atoms with Crippen molar-refractivity contribution < 1.29 is 13.2 Å². The standard InChI is InChI=1S/C15H23F3N2/c1-4-20(11-15(16,17)18)10-9-14(19-3)13-7-5-12(2)6-8-13/h5-8,14,19H,4,9-11H2,1-3H3. The van der Waals surface area contributed by atoms with Gasteiger partial charge in [-0.05, 0) is 32.5 Å². The van der Waals surface area contributed by atoms with E-state index in [1.165, 1.54) is 10.5 Å². The third-order valence-corrected chi connectivity index (χ3v) is 3.41. The van der Waals surface area contributed by atoms with Crippen LogP contribution in [-0.4, -0.2) is 37.8 Å². The van der Waals surface area contributed by atoms with Crippen LogP contribution in [0.15, 0.2) is 24.3 Å². The minimum absolute atomic E-state index is 0.0814. The van der Waals surface area contributed by atoms with E-state index in [0.717, 1.165) is 5.56 Å². The van der Waals surface area contributed by atoms with Crippen molar-refractivity contribution in [1.29, 1.82) is 0 Å². The number of nitrogens with one attached hydrogen (secondary N) is 1. The quantitative estimate of drug-likeness (QED) is 0.825. The number of halogens is 3. The van der Waals surface area contributed by atoms with E-state index < -0.39 is 12.7 Å². The Morgan fingerprint density at radius 1 is 1.20 bits per heavy atom. The molecule has 0 heterocycles. The number of hydrogen-bond acceptors (Lipinski definition) is 2. The van der Waals surface area contributed by atoms with Crippen LogP contribution in [0.25, 0.3) is 0 Å². The lowest BCUT2D eigenvalue weighted by molar-refractivity contribution is -0.145. The molecule has 1 aromatic rings. The van der Waals surface area contributed by atoms with Gasteiger partial charge < -0.3 is 5.32 Å². The fraction of sp³-hybridized carbons (Fsp3) is 0.600. The van der Waals surface area contributed by atoms with Crippen molar-refractivity contribution in [2.75, 3.05) is 26.7 Å². The number of aryl methyl sites for hydroxylation is 1. The van der Waals surface area contributed by atoms with E-state index >= 15 is 0 Å². The summed E-state index contributed by atoms with van der Waals surface area (Å²) in [5.41, 5.74) is 2.29. The van der Waals surface area contributed by atoms with Gasteiger partial charge in [-0.25, -0.2) is 0 Å². The van der Waals surface area contributed by atoms with Crippen LogP contribution in [0.1, 0.15) is 30.5 Å². The van der Waals surface area contributed by atoms with E-state index in [2.05, 4.69) is 5.32 Å². The predicted molar refractivity (Wildman–Crippen MR) is 75.8 cm³/mol. The molecule has 1 rings (SSSR count). The number of nitrogens with zero attached hydrogens (tertiary/aromatic N) is 1. The van der Waals surface area contributed by atoms with Gasteiger partial charge in [-0.3, -0.25) is 4.90 Å². The fourth-order valence-corrected chi connectivity index (χ4v) is 2.19. The van der Waals surface area contributed by atoms with E-state index in [9.17, 15) is 13.2 Å². The second-order valence-corrected chi connectivity index (χ2v) is 5.02. The summed E-state index contributed by atoms with van der Waals surface area (Å²) in [4.78, 5) is 1.43. The average Bonchev–Trinajstić information content (AvgIpc) is 2.38. The number of benzene rings is 1. The minimum atomic E-state index is -4.13. The normalized spacial score (nSPS) is 13.8. The molecular formula is C15H23F3N2. The van der Waals surface area contributed by atoms with Crippen molar-refractivity contribution in [3.63, 3.8) is 0 Å². The Morgan fingerprint density at radius 2 is 1.80 bits per heavy atom. The van der Waals surface area contributed by atoms with Crippen LogP contribution in [-0.2, 0) is 0 Å². The van der Waals surface area contributed by atoms with Crippen LogP contribution < -0.4 is 5.32 Å². The van der Waals surface area contributed by atoms with Crippen molar-refractivity contribution in [2.45, 2.75) is 32.5 Å². The Labute approximate surface area is 119 Å². The number of rotatable bonds is 7. The van der Waals surface area contributed by atoms with Gasteiger partial charge >= 0.3 is 6.18 Å². The van der Waals surface area contributed by atoms with Gasteiger partial charge in [0.15, 0.2) is 0 Å². The highest BCUT2D eigenvalue weighted by atomic mass is 19.4. The number of hydrogen-bond donors (Lipinski definition) is 1. The summed E-state index contributed by atoms with van der Waals surface area (Å²) in [7, 11) is 1.84. The summed E-state index contributed by atoms with van der Waals surface area (Å²) in [5.74, 6) is 0. The first-order valence-corrected chi connectivity index (χ1v) is 6.88. The maximum absolute atomic E-state index is 12.4. The van der Waals surface area contributed by atoms with E-state index in [1.54, 1.807) is 6.92 Å². The van der Waals surface area contributed by atoms with E-state index in [-0.39, 0.29) is 6.04 Å². The van der Waals surface area contributed by atoms with Gasteiger partial charge in [0, 0.05) is 12.6 Å². The van der Waals surface area contributed by atoms with Gasteiger partial charge in [-0.15, -0.1) is 0 Å². The van der Waals surface area contributed by atoms with Crippen molar-refractivity contribution in [1.82, 2.24) is 10.2 Å². The lowest BCUT2D eigenvalue weighted by Crippen LogP contribution is -2.36. The predicted octanol–water partition coefficient (Wildman–Crippen LogP) is 3.53. The highest BCUT2D eigenvalue weighted by Gasteiger charge is 2.30. The molecule has 0 bridgehead atoms. The average molecular weight is 288 g/mol. The molecule has 0 aliphatic heterocycles. The van der Waals surface area contributed by atoms with Crippen LogP contribution in [0.2, 0.25) is 0 Å². The smallest absolute Gasteiger partial charge is 0.313 e. The molecule has 1 N–H and O–H groups in total. The summed E-state index contributed by atoms with van der Waals surface area (Å²) >= 11 is 0. The van der Waals surface area contributed by atoms with Crippen molar-refractivity contribution in [3.05, 3.63) is 35.4 Å². The SMILES string of the molecule is CCN(CCC(NC)c1ccc(C)cc1)CC(F)(F)F. The lowest BCUT2D eigenvalue weighted by Gasteiger charge is -2.25. The molecule has 1 atom stereocenters. The summed E-state index contributed by atoms with van der Waals surface area (Å²) < 4.78 is 37.2. The van der Waals surface area contributed by atoms with Crippen LogP contribution in [0.3, 0.4) is 0 Å². The van der Waals surface area contributed by atoms with Crippen molar-refractivity contribution in [2.24, 2.45) is 0 Å². The molecule has 1 unspecified atom stereocenters. The fourth-order valence-electron chi connectivity index (χ4n) is 2.19. The van der Waals surface area contributed by atoms with E-state index in [0.29, 0.717) is 19.5 Å². The Hall–Kier alpha value is -1.07. The second-order valence-electron chi connectivity index (χ2n) is 5.02. The topological polar surface area (TPSA) is 15.3 Å². The maximum Gasteiger partial charge on any atom is 0.401 e. The molecule has 0 aliphatic carbocycles. The van der Waals surface area contributed by atoms with Crippen LogP contribution in [0.5, 0.6) is 0 Å². The van der Waals surface area contributed by atoms with Gasteiger partial charge in [-0.2, -0.15) is 13.2 Å². The van der Waals surface area contributed by atoms with Crippen LogP contribution >= 0.6 is 0 Å². The summed E-state index contributed by atoms with van der Waals surface area (Å²) in [5, 5.41) is 3.17. The number of alkyl halides is 3. The molecule has 1 aromatic carbocycles. The Balaban J connectivity index is 2.58. The van der Waals surface area contributed by atoms with Crippen molar-refractivity contribution >= 4 is 0 Å². The van der Waals surface area contributed by atoms with Gasteiger partial charge in [0.2, 0.25) is 0 Å². The molecule has 114 valence electrons. The molecule has 0 saturated heterocycles. The largest absolute Gasteiger partial charge is 0.401 e. The Bertz CT molecular complexity index is 387. The van der Waals surface area contributed by atoms with Crippen molar-refractivity contribution in [3.8, 4) is 0 Å². The van der Waals surface area contributed by atoms with Gasteiger partial charge in [0.05, 0.1) is 6.54 Å². The lowest BCUT2D eigenvalue weighted by atomic mass is 10.0. The van der Waals surface area contributed by atoms with Crippen LogP contribution in [0, 0.1) is 6.92 Å². The highest BCUT2D eigenvalue weighted by molar-refractivity contribution is 5.24. The van der Waals surface area contributed by atoms with Gasteiger partial charge in [-0.1, -0.05) is 36.8 Å². The monoisotopic (exact) mass is 288 g/mol.